The summed E-state index contributed by atoms with van der Waals surface area (Å²) < 4.78 is 7.61. The highest BCUT2D eigenvalue weighted by molar-refractivity contribution is 6.09. The monoisotopic (exact) mass is 718 g/mol. The molecule has 0 saturated carbocycles. The average Bonchev–Trinajstić information content (AvgIpc) is 3.72. The van der Waals surface area contributed by atoms with Crippen LogP contribution in [-0.4, -0.2) is 97.2 Å². The number of benzene rings is 2. The van der Waals surface area contributed by atoms with E-state index in [1.165, 1.54) is 10.7 Å². The van der Waals surface area contributed by atoms with Crippen LogP contribution < -0.4 is 15.4 Å². The Morgan fingerprint density at radius 1 is 0.981 bits per heavy atom. The molecule has 5 amide bonds. The lowest BCUT2D eigenvalue weighted by Gasteiger charge is -2.37. The summed E-state index contributed by atoms with van der Waals surface area (Å²) in [6, 6.07) is 11.4. The number of rotatable bonds is 8. The Morgan fingerprint density at radius 2 is 1.81 bits per heavy atom. The van der Waals surface area contributed by atoms with E-state index in [1.54, 1.807) is 24.5 Å². The maximum Gasteiger partial charge on any atom is 0.261 e. The molecule has 6 heterocycles. The van der Waals surface area contributed by atoms with Crippen LogP contribution in [0.25, 0.3) is 5.65 Å². The first-order chi connectivity index (χ1) is 25.6. The van der Waals surface area contributed by atoms with Crippen LogP contribution >= 0.6 is 0 Å². The third-order valence-corrected chi connectivity index (χ3v) is 10.8. The highest BCUT2D eigenvalue weighted by Gasteiger charge is 2.37. The van der Waals surface area contributed by atoms with E-state index in [2.05, 4.69) is 31.7 Å². The fourth-order valence-electron chi connectivity index (χ4n) is 7.98. The Balaban J connectivity index is 0.875. The van der Waals surface area contributed by atoms with Gasteiger partial charge in [0.05, 0.1) is 30.5 Å². The van der Waals surface area contributed by atoms with Crippen LogP contribution in [0.2, 0.25) is 0 Å². The lowest BCUT2D eigenvalue weighted by atomic mass is 9.87. The summed E-state index contributed by atoms with van der Waals surface area (Å²) in [5.41, 5.74) is 5.81. The van der Waals surface area contributed by atoms with E-state index in [-0.39, 0.29) is 47.6 Å². The van der Waals surface area contributed by atoms with Crippen LogP contribution in [0.4, 0.5) is 5.69 Å². The molecule has 0 bridgehead atoms. The van der Waals surface area contributed by atoms with E-state index >= 15 is 0 Å². The summed E-state index contributed by atoms with van der Waals surface area (Å²) in [7, 11) is 0. The van der Waals surface area contributed by atoms with Crippen molar-refractivity contribution in [1.29, 1.82) is 0 Å². The molecule has 2 N–H and O–H groups in total. The van der Waals surface area contributed by atoms with Gasteiger partial charge in [-0.3, -0.25) is 34.2 Å². The second-order valence-corrected chi connectivity index (χ2v) is 14.6. The molecule has 2 aromatic carbocycles. The standard InChI is InChI=1S/C39H42N8O6/c1-23(2)53-33-18-30-27(17-32(33)42-38(51)31-19-41-47-12-3-11-40-36(31)47)21-46(39(30)52)28-9-13-44(14-10-28)22-35(49)45-15-8-24-16-25(4-5-26(24)20-45)29-6-7-34(48)43-37(29)50/h3-5,11-12,16-19,23,28-29H,6-10,13-15,20-22H2,1-2H3,(H,42,51)(H,43,48,50). The molecule has 14 nitrogen and oxygen atoms in total. The third-order valence-electron chi connectivity index (χ3n) is 10.8. The summed E-state index contributed by atoms with van der Waals surface area (Å²) in [5, 5.41) is 9.63. The Morgan fingerprint density at radius 3 is 2.60 bits per heavy atom. The van der Waals surface area contributed by atoms with Crippen LogP contribution in [0, 0.1) is 0 Å². The number of aromatic nitrogens is 3. The van der Waals surface area contributed by atoms with Gasteiger partial charge in [0.2, 0.25) is 17.7 Å². The molecule has 0 spiro atoms. The van der Waals surface area contributed by atoms with Crippen LogP contribution in [0.3, 0.4) is 0 Å². The Hall–Kier alpha value is -5.63. The number of imide groups is 1. The number of anilines is 1. The number of piperidine rings is 2. The van der Waals surface area contributed by atoms with Crippen molar-refractivity contribution < 1.29 is 28.7 Å². The zero-order valence-corrected chi connectivity index (χ0v) is 29.8. The van der Waals surface area contributed by atoms with Gasteiger partial charge in [-0.25, -0.2) is 9.50 Å². The van der Waals surface area contributed by atoms with Gasteiger partial charge in [-0.2, -0.15) is 5.10 Å². The first-order valence-electron chi connectivity index (χ1n) is 18.3. The number of fused-ring (bicyclic) bond motifs is 3. The molecular weight excluding hydrogens is 676 g/mol. The predicted molar refractivity (Wildman–Crippen MR) is 193 cm³/mol. The maximum absolute atomic E-state index is 13.8. The number of amides is 5. The van der Waals surface area contributed by atoms with E-state index in [9.17, 15) is 24.0 Å². The molecule has 2 aromatic heterocycles. The minimum atomic E-state index is -0.372. The van der Waals surface area contributed by atoms with Gasteiger partial charge in [0.15, 0.2) is 5.65 Å². The van der Waals surface area contributed by atoms with E-state index in [0.29, 0.717) is 80.3 Å². The molecule has 4 aliphatic rings. The number of nitrogens with one attached hydrogen (secondary N) is 2. The lowest BCUT2D eigenvalue weighted by molar-refractivity contribution is -0.135. The van der Waals surface area contributed by atoms with Crippen molar-refractivity contribution in [2.24, 2.45) is 0 Å². The van der Waals surface area contributed by atoms with Crippen molar-refractivity contribution in [1.82, 2.24) is 34.6 Å². The summed E-state index contributed by atoms with van der Waals surface area (Å²) in [5.74, 6) is -0.699. The van der Waals surface area contributed by atoms with Gasteiger partial charge in [0, 0.05) is 63.1 Å². The quantitative estimate of drug-likeness (QED) is 0.261. The zero-order chi connectivity index (χ0) is 36.8. The minimum absolute atomic E-state index is 0.0269. The SMILES string of the molecule is CC(C)Oc1cc2c(cc1NC(=O)c1cnn3cccnc13)CN(C1CCN(CC(=O)N3CCc4cc(C5CCC(=O)NC5=O)ccc4C3)CC1)C2=O. The number of likely N-dealkylation sites (tertiary alicyclic amines) is 1. The van der Waals surface area contributed by atoms with Crippen LogP contribution in [-0.2, 0) is 33.9 Å². The normalized spacial score (nSPS) is 19.4. The van der Waals surface area contributed by atoms with Gasteiger partial charge >= 0.3 is 0 Å². The number of carbonyl (C=O) groups is 5. The van der Waals surface area contributed by atoms with Gasteiger partial charge in [0.1, 0.15) is 11.3 Å². The van der Waals surface area contributed by atoms with Crippen molar-refractivity contribution in [3.8, 4) is 5.75 Å². The van der Waals surface area contributed by atoms with Crippen molar-refractivity contribution in [3.63, 3.8) is 0 Å². The van der Waals surface area contributed by atoms with Gasteiger partial charge in [0.25, 0.3) is 11.8 Å². The van der Waals surface area contributed by atoms with E-state index in [0.717, 1.165) is 41.5 Å². The molecule has 1 unspecified atom stereocenters. The second kappa shape index (κ2) is 14.1. The molecule has 2 saturated heterocycles. The molecule has 0 aliphatic carbocycles. The Bertz CT molecular complexity index is 2140. The molecule has 4 aliphatic heterocycles. The highest BCUT2D eigenvalue weighted by atomic mass is 16.5. The summed E-state index contributed by atoms with van der Waals surface area (Å²) in [6.07, 6.45) is 7.71. The van der Waals surface area contributed by atoms with E-state index in [4.69, 9.17) is 4.74 Å². The van der Waals surface area contributed by atoms with E-state index in [1.807, 2.05) is 41.8 Å². The minimum Gasteiger partial charge on any atom is -0.489 e. The molecule has 2 fully saturated rings. The molecule has 4 aromatic rings. The van der Waals surface area contributed by atoms with Crippen molar-refractivity contribution in [2.75, 3.05) is 31.5 Å². The molecule has 53 heavy (non-hydrogen) atoms. The molecule has 0 radical (unpaired) electrons. The zero-order valence-electron chi connectivity index (χ0n) is 29.8. The smallest absolute Gasteiger partial charge is 0.261 e. The van der Waals surface area contributed by atoms with Crippen molar-refractivity contribution in [2.45, 2.75) is 77.1 Å². The van der Waals surface area contributed by atoms with Crippen molar-refractivity contribution >= 4 is 40.9 Å². The maximum atomic E-state index is 13.8. The molecule has 1 atom stereocenters. The number of nitrogens with zero attached hydrogens (tertiary/aromatic N) is 6. The first-order valence-corrected chi connectivity index (χ1v) is 18.3. The Kier molecular flexibility index (Phi) is 9.15. The molecule has 8 rings (SSSR count). The van der Waals surface area contributed by atoms with Crippen LogP contribution in [0.5, 0.6) is 5.75 Å². The van der Waals surface area contributed by atoms with Gasteiger partial charge in [-0.05, 0) is 80.0 Å². The molecule has 274 valence electrons. The summed E-state index contributed by atoms with van der Waals surface area (Å²) in [4.78, 5) is 74.8. The van der Waals surface area contributed by atoms with Crippen LogP contribution in [0.1, 0.15) is 88.4 Å². The summed E-state index contributed by atoms with van der Waals surface area (Å²) >= 11 is 0. The molecule has 14 heteroatoms. The highest BCUT2D eigenvalue weighted by Crippen LogP contribution is 2.37. The third kappa shape index (κ3) is 6.86. The van der Waals surface area contributed by atoms with Gasteiger partial charge < -0.3 is 19.9 Å². The first kappa shape index (κ1) is 34.5. The number of hydrogen-bond acceptors (Lipinski definition) is 9. The number of hydrogen-bond donors (Lipinski definition) is 2. The number of carbonyl (C=O) groups excluding carboxylic acids is 5. The topological polar surface area (TPSA) is 159 Å². The van der Waals surface area contributed by atoms with Crippen LogP contribution in [0.15, 0.2) is 55.0 Å². The average molecular weight is 719 g/mol. The van der Waals surface area contributed by atoms with E-state index < -0.39 is 0 Å². The number of ether oxygens (including phenoxy) is 1. The molecular formula is C39H42N8O6. The second-order valence-electron chi connectivity index (χ2n) is 14.6. The largest absolute Gasteiger partial charge is 0.489 e. The van der Waals surface area contributed by atoms with Gasteiger partial charge in [-0.15, -0.1) is 0 Å². The fourth-order valence-corrected chi connectivity index (χ4v) is 7.98. The van der Waals surface area contributed by atoms with Crippen molar-refractivity contribution in [3.05, 3.63) is 88.4 Å². The lowest BCUT2D eigenvalue weighted by Crippen LogP contribution is -2.48. The van der Waals surface area contributed by atoms with Gasteiger partial charge in [-0.1, -0.05) is 18.2 Å². The predicted octanol–water partition coefficient (Wildman–Crippen LogP) is 3.29. The summed E-state index contributed by atoms with van der Waals surface area (Å²) in [6.45, 7) is 7.09. The Labute approximate surface area is 306 Å². The fraction of sp³-hybridized carbons (Fsp3) is 0.410.